The molecular formula is C14H15BrN2O3. The molecule has 20 heavy (non-hydrogen) atoms. The van der Waals surface area contributed by atoms with E-state index in [0.717, 1.165) is 27.2 Å². The molecule has 0 saturated heterocycles. The molecule has 5 nitrogen and oxygen atoms in total. The normalized spacial score (nSPS) is 10.6. The third kappa shape index (κ3) is 3.19. The fourth-order valence-electron chi connectivity index (χ4n) is 1.96. The van der Waals surface area contributed by atoms with Crippen molar-refractivity contribution in [3.63, 3.8) is 0 Å². The summed E-state index contributed by atoms with van der Waals surface area (Å²) in [5.41, 5.74) is 2.75. The van der Waals surface area contributed by atoms with Crippen LogP contribution in [0.5, 0.6) is 5.75 Å². The number of methoxy groups -OCH3 is 1. The minimum absolute atomic E-state index is 0.0566. The Bertz CT molecular complexity index is 637. The quantitative estimate of drug-likeness (QED) is 0.877. The molecule has 0 fully saturated rings. The summed E-state index contributed by atoms with van der Waals surface area (Å²) in [5, 5.41) is 8.69. The molecule has 6 heteroatoms. The number of aryl methyl sites for hydroxylation is 2. The Kier molecular flexibility index (Phi) is 4.44. The van der Waals surface area contributed by atoms with Gasteiger partial charge in [-0.2, -0.15) is 0 Å². The SMILES string of the molecule is COc1ccc(-c2nc(CCC(=O)O)[nH]c2Br)cc1C. The minimum atomic E-state index is -0.834. The van der Waals surface area contributed by atoms with Gasteiger partial charge in [-0.3, -0.25) is 4.79 Å². The highest BCUT2D eigenvalue weighted by Crippen LogP contribution is 2.29. The number of aromatic amines is 1. The molecular weight excluding hydrogens is 324 g/mol. The molecule has 1 heterocycles. The summed E-state index contributed by atoms with van der Waals surface area (Å²) >= 11 is 3.42. The molecule has 0 unspecified atom stereocenters. The van der Waals surface area contributed by atoms with Crippen LogP contribution < -0.4 is 4.74 Å². The van der Waals surface area contributed by atoms with Gasteiger partial charge in [-0.15, -0.1) is 0 Å². The first-order chi connectivity index (χ1) is 9.51. The van der Waals surface area contributed by atoms with Crippen LogP contribution in [-0.4, -0.2) is 28.2 Å². The zero-order valence-corrected chi connectivity index (χ0v) is 12.8. The fourth-order valence-corrected chi connectivity index (χ4v) is 2.51. The standard InChI is InChI=1S/C14H15BrN2O3/c1-8-7-9(3-4-10(8)20-2)13-14(15)17-11(16-13)5-6-12(18)19/h3-4,7H,5-6H2,1-2H3,(H,16,17)(H,18,19). The van der Waals surface area contributed by atoms with Crippen molar-refractivity contribution in [1.29, 1.82) is 0 Å². The van der Waals surface area contributed by atoms with Gasteiger partial charge >= 0.3 is 5.97 Å². The van der Waals surface area contributed by atoms with E-state index in [0.29, 0.717) is 12.2 Å². The maximum absolute atomic E-state index is 10.6. The number of nitrogens with one attached hydrogen (secondary N) is 1. The van der Waals surface area contributed by atoms with Gasteiger partial charge in [-0.25, -0.2) is 4.98 Å². The van der Waals surface area contributed by atoms with E-state index in [-0.39, 0.29) is 6.42 Å². The molecule has 0 aliphatic rings. The minimum Gasteiger partial charge on any atom is -0.496 e. The summed E-state index contributed by atoms with van der Waals surface area (Å²) in [6.07, 6.45) is 0.435. The molecule has 0 aliphatic heterocycles. The van der Waals surface area contributed by atoms with Gasteiger partial charge in [-0.05, 0) is 46.6 Å². The molecule has 2 aromatic rings. The van der Waals surface area contributed by atoms with Crippen LogP contribution in [0.3, 0.4) is 0 Å². The monoisotopic (exact) mass is 338 g/mol. The largest absolute Gasteiger partial charge is 0.496 e. The summed E-state index contributed by atoms with van der Waals surface area (Å²) in [4.78, 5) is 18.1. The van der Waals surface area contributed by atoms with Gasteiger partial charge in [0.1, 0.15) is 21.9 Å². The zero-order valence-electron chi connectivity index (χ0n) is 11.2. The first-order valence-electron chi connectivity index (χ1n) is 6.12. The van der Waals surface area contributed by atoms with Crippen LogP contribution in [0.2, 0.25) is 0 Å². The van der Waals surface area contributed by atoms with Crippen LogP contribution in [0.1, 0.15) is 17.8 Å². The smallest absolute Gasteiger partial charge is 0.303 e. The molecule has 0 bridgehead atoms. The summed E-state index contributed by atoms with van der Waals surface area (Å²) < 4.78 is 5.98. The van der Waals surface area contributed by atoms with Crippen LogP contribution >= 0.6 is 15.9 Å². The first kappa shape index (κ1) is 14.6. The summed E-state index contributed by atoms with van der Waals surface area (Å²) in [6.45, 7) is 1.97. The van der Waals surface area contributed by atoms with Gasteiger partial charge in [0.25, 0.3) is 0 Å². The van der Waals surface area contributed by atoms with E-state index in [1.165, 1.54) is 0 Å². The maximum atomic E-state index is 10.6. The zero-order chi connectivity index (χ0) is 14.7. The molecule has 1 aromatic heterocycles. The predicted molar refractivity (Wildman–Crippen MR) is 79.0 cm³/mol. The summed E-state index contributed by atoms with van der Waals surface area (Å²) in [7, 11) is 1.64. The second kappa shape index (κ2) is 6.09. The number of benzene rings is 1. The number of carboxylic acid groups (broad SMARTS) is 1. The van der Waals surface area contributed by atoms with Crippen molar-refractivity contribution >= 4 is 21.9 Å². The Morgan fingerprint density at radius 1 is 1.50 bits per heavy atom. The molecule has 2 rings (SSSR count). The van der Waals surface area contributed by atoms with Crippen LogP contribution in [0.4, 0.5) is 0 Å². The number of halogens is 1. The van der Waals surface area contributed by atoms with E-state index in [4.69, 9.17) is 9.84 Å². The Hall–Kier alpha value is -1.82. The van der Waals surface area contributed by atoms with Crippen LogP contribution in [0.25, 0.3) is 11.3 Å². The number of imidazole rings is 1. The Morgan fingerprint density at radius 2 is 2.25 bits per heavy atom. The molecule has 1 aromatic carbocycles. The van der Waals surface area contributed by atoms with Crippen molar-refractivity contribution in [2.45, 2.75) is 19.8 Å². The van der Waals surface area contributed by atoms with E-state index < -0.39 is 5.97 Å². The average Bonchev–Trinajstić information content (AvgIpc) is 2.77. The highest BCUT2D eigenvalue weighted by atomic mass is 79.9. The third-order valence-electron chi connectivity index (χ3n) is 2.95. The van der Waals surface area contributed by atoms with Gasteiger partial charge in [-0.1, -0.05) is 0 Å². The average molecular weight is 339 g/mol. The summed E-state index contributed by atoms with van der Waals surface area (Å²) in [5.74, 6) is 0.647. The highest BCUT2D eigenvalue weighted by molar-refractivity contribution is 9.10. The lowest BCUT2D eigenvalue weighted by molar-refractivity contribution is -0.137. The van der Waals surface area contributed by atoms with Crippen molar-refractivity contribution in [2.75, 3.05) is 7.11 Å². The molecule has 0 aliphatic carbocycles. The van der Waals surface area contributed by atoms with Crippen LogP contribution in [0.15, 0.2) is 22.8 Å². The highest BCUT2D eigenvalue weighted by Gasteiger charge is 2.12. The Balaban J connectivity index is 2.28. The van der Waals surface area contributed by atoms with Crippen molar-refractivity contribution in [1.82, 2.24) is 9.97 Å². The Morgan fingerprint density at radius 3 is 2.85 bits per heavy atom. The van der Waals surface area contributed by atoms with E-state index in [2.05, 4.69) is 25.9 Å². The number of ether oxygens (including phenoxy) is 1. The lowest BCUT2D eigenvalue weighted by atomic mass is 10.1. The summed E-state index contributed by atoms with van der Waals surface area (Å²) in [6, 6.07) is 5.80. The van der Waals surface area contributed by atoms with Gasteiger partial charge in [0.15, 0.2) is 0 Å². The van der Waals surface area contributed by atoms with E-state index >= 15 is 0 Å². The van der Waals surface area contributed by atoms with E-state index in [1.54, 1.807) is 7.11 Å². The number of carbonyl (C=O) groups is 1. The number of aromatic nitrogens is 2. The Labute approximate surface area is 125 Å². The lowest BCUT2D eigenvalue weighted by Gasteiger charge is -2.06. The number of nitrogens with zero attached hydrogens (tertiary/aromatic N) is 1. The van der Waals surface area contributed by atoms with Gasteiger partial charge in [0.05, 0.1) is 13.5 Å². The number of carboxylic acids is 1. The van der Waals surface area contributed by atoms with Crippen LogP contribution in [-0.2, 0) is 11.2 Å². The lowest BCUT2D eigenvalue weighted by Crippen LogP contribution is -1.98. The maximum Gasteiger partial charge on any atom is 0.303 e. The molecule has 0 radical (unpaired) electrons. The predicted octanol–water partition coefficient (Wildman–Crippen LogP) is 3.17. The third-order valence-corrected chi connectivity index (χ3v) is 3.53. The topological polar surface area (TPSA) is 75.2 Å². The van der Waals surface area contributed by atoms with Crippen molar-refractivity contribution in [3.8, 4) is 17.0 Å². The number of hydrogen-bond donors (Lipinski definition) is 2. The molecule has 0 saturated carbocycles. The number of hydrogen-bond acceptors (Lipinski definition) is 3. The second-order valence-electron chi connectivity index (χ2n) is 4.42. The van der Waals surface area contributed by atoms with Crippen molar-refractivity contribution in [3.05, 3.63) is 34.2 Å². The number of rotatable bonds is 5. The molecule has 0 atom stereocenters. The van der Waals surface area contributed by atoms with Crippen LogP contribution in [0, 0.1) is 6.92 Å². The molecule has 106 valence electrons. The number of aliphatic carboxylic acids is 1. The van der Waals surface area contributed by atoms with Crippen molar-refractivity contribution < 1.29 is 14.6 Å². The molecule has 2 N–H and O–H groups in total. The van der Waals surface area contributed by atoms with Gasteiger partial charge in [0, 0.05) is 12.0 Å². The van der Waals surface area contributed by atoms with Gasteiger partial charge < -0.3 is 14.8 Å². The second-order valence-corrected chi connectivity index (χ2v) is 5.22. The van der Waals surface area contributed by atoms with Gasteiger partial charge in [0.2, 0.25) is 0 Å². The number of H-pyrrole nitrogens is 1. The molecule has 0 spiro atoms. The van der Waals surface area contributed by atoms with E-state index in [1.807, 2.05) is 25.1 Å². The first-order valence-corrected chi connectivity index (χ1v) is 6.91. The van der Waals surface area contributed by atoms with E-state index in [9.17, 15) is 4.79 Å². The molecule has 0 amide bonds. The fraction of sp³-hybridized carbons (Fsp3) is 0.286. The van der Waals surface area contributed by atoms with Crippen molar-refractivity contribution in [2.24, 2.45) is 0 Å².